The average molecular weight is 529 g/mol. The number of carbonyl (C=O) groups excluding carboxylic acids is 3. The van der Waals surface area contributed by atoms with E-state index in [0.717, 1.165) is 60.1 Å². The standard InChI is InChI=1S/C29H28N4O4S/c34-24-9-8-23(26(35)31-24)33-15-21-20(28(33)36)6-7-22-25(21)37-17-29(22)10-12-32(13-11-29)14-19-16-38-27(30-19)18-4-2-1-3-5-18/h1-7,16,23H,8-15,17H2,(H,31,34,35). The van der Waals surface area contributed by atoms with E-state index in [1.165, 1.54) is 5.56 Å². The van der Waals surface area contributed by atoms with Crippen molar-refractivity contribution in [2.75, 3.05) is 19.7 Å². The number of rotatable bonds is 4. The minimum atomic E-state index is -0.616. The third-order valence-electron chi connectivity index (χ3n) is 8.50. The molecule has 4 aliphatic heterocycles. The third-order valence-corrected chi connectivity index (χ3v) is 9.44. The van der Waals surface area contributed by atoms with Crippen molar-refractivity contribution in [3.63, 3.8) is 0 Å². The molecule has 0 bridgehead atoms. The summed E-state index contributed by atoms with van der Waals surface area (Å²) < 4.78 is 6.31. The van der Waals surface area contributed by atoms with Gasteiger partial charge in [-0.15, -0.1) is 11.3 Å². The first kappa shape index (κ1) is 23.5. The first-order valence-electron chi connectivity index (χ1n) is 13.2. The number of thiazole rings is 1. The van der Waals surface area contributed by atoms with Gasteiger partial charge in [0.05, 0.1) is 18.8 Å². The molecule has 194 valence electrons. The number of nitrogens with zero attached hydrogens (tertiary/aromatic N) is 3. The molecular formula is C29H28N4O4S. The Morgan fingerprint density at radius 1 is 1.08 bits per heavy atom. The van der Waals surface area contributed by atoms with E-state index >= 15 is 0 Å². The number of hydrogen-bond acceptors (Lipinski definition) is 7. The maximum absolute atomic E-state index is 13.2. The van der Waals surface area contributed by atoms with Crippen molar-refractivity contribution in [2.24, 2.45) is 0 Å². The molecular weight excluding hydrogens is 500 g/mol. The molecule has 5 heterocycles. The van der Waals surface area contributed by atoms with Crippen LogP contribution >= 0.6 is 11.3 Å². The van der Waals surface area contributed by atoms with Crippen LogP contribution < -0.4 is 10.1 Å². The second kappa shape index (κ2) is 9.03. The molecule has 38 heavy (non-hydrogen) atoms. The number of benzene rings is 2. The van der Waals surface area contributed by atoms with Crippen LogP contribution in [0.4, 0.5) is 0 Å². The van der Waals surface area contributed by atoms with E-state index in [9.17, 15) is 14.4 Å². The number of fused-ring (bicyclic) bond motifs is 4. The lowest BCUT2D eigenvalue weighted by atomic mass is 9.74. The number of piperidine rings is 2. The van der Waals surface area contributed by atoms with Crippen LogP contribution in [0.25, 0.3) is 10.6 Å². The molecule has 4 aliphatic rings. The van der Waals surface area contributed by atoms with Crippen molar-refractivity contribution in [3.05, 3.63) is 70.2 Å². The zero-order valence-corrected chi connectivity index (χ0v) is 21.8. The molecule has 9 heteroatoms. The molecule has 1 aromatic heterocycles. The molecule has 8 nitrogen and oxygen atoms in total. The summed E-state index contributed by atoms with van der Waals surface area (Å²) in [4.78, 5) is 46.1. The number of imide groups is 1. The second-order valence-electron chi connectivity index (χ2n) is 10.7. The predicted octanol–water partition coefficient (Wildman–Crippen LogP) is 3.50. The van der Waals surface area contributed by atoms with Gasteiger partial charge in [-0.05, 0) is 38.4 Å². The van der Waals surface area contributed by atoms with Crippen molar-refractivity contribution in [2.45, 2.75) is 50.2 Å². The Bertz CT molecular complexity index is 1440. The highest BCUT2D eigenvalue weighted by Crippen LogP contribution is 2.49. The van der Waals surface area contributed by atoms with E-state index in [-0.39, 0.29) is 29.6 Å². The van der Waals surface area contributed by atoms with E-state index in [0.29, 0.717) is 25.1 Å². The number of nitrogens with one attached hydrogen (secondary N) is 1. The summed E-state index contributed by atoms with van der Waals surface area (Å²) in [6, 6.07) is 13.7. The fraction of sp³-hybridized carbons (Fsp3) is 0.379. The van der Waals surface area contributed by atoms with Crippen molar-refractivity contribution in [1.29, 1.82) is 0 Å². The minimum Gasteiger partial charge on any atom is -0.492 e. The molecule has 1 unspecified atom stereocenters. The Balaban J connectivity index is 1.05. The summed E-state index contributed by atoms with van der Waals surface area (Å²) in [6.07, 6.45) is 2.58. The summed E-state index contributed by atoms with van der Waals surface area (Å²) in [5, 5.41) is 5.59. The number of carbonyl (C=O) groups is 3. The normalized spacial score (nSPS) is 22.4. The molecule has 0 saturated carbocycles. The second-order valence-corrected chi connectivity index (χ2v) is 11.6. The van der Waals surface area contributed by atoms with E-state index in [1.54, 1.807) is 16.2 Å². The van der Waals surface area contributed by atoms with Crippen LogP contribution in [0.2, 0.25) is 0 Å². The molecule has 7 rings (SSSR count). The number of hydrogen-bond donors (Lipinski definition) is 1. The van der Waals surface area contributed by atoms with Crippen molar-refractivity contribution in [3.8, 4) is 16.3 Å². The molecule has 3 amide bonds. The van der Waals surface area contributed by atoms with Crippen LogP contribution in [-0.2, 0) is 28.1 Å². The highest BCUT2D eigenvalue weighted by molar-refractivity contribution is 7.13. The maximum atomic E-state index is 13.2. The summed E-state index contributed by atoms with van der Waals surface area (Å²) in [5.41, 5.74) is 4.89. The minimum absolute atomic E-state index is 0.0523. The van der Waals surface area contributed by atoms with E-state index in [2.05, 4.69) is 33.8 Å². The lowest BCUT2D eigenvalue weighted by Gasteiger charge is -2.38. The molecule has 1 N–H and O–H groups in total. The average Bonchev–Trinajstić information content (AvgIpc) is 3.63. The quantitative estimate of drug-likeness (QED) is 0.522. The molecule has 0 radical (unpaired) electrons. The van der Waals surface area contributed by atoms with Gasteiger partial charge in [-0.2, -0.15) is 0 Å². The zero-order chi connectivity index (χ0) is 25.9. The topological polar surface area (TPSA) is 91.8 Å². The molecule has 2 fully saturated rings. The molecule has 3 aromatic rings. The van der Waals surface area contributed by atoms with Gasteiger partial charge in [-0.25, -0.2) is 4.98 Å². The Morgan fingerprint density at radius 3 is 2.68 bits per heavy atom. The van der Waals surface area contributed by atoms with Crippen molar-refractivity contribution >= 4 is 29.1 Å². The van der Waals surface area contributed by atoms with Crippen molar-refractivity contribution in [1.82, 2.24) is 20.1 Å². The molecule has 1 atom stereocenters. The molecule has 1 spiro atoms. The Hall–Kier alpha value is -3.56. The molecule has 2 saturated heterocycles. The van der Waals surface area contributed by atoms with Crippen LogP contribution in [0.3, 0.4) is 0 Å². The number of aromatic nitrogens is 1. The molecule has 2 aromatic carbocycles. The fourth-order valence-electron chi connectivity index (χ4n) is 6.36. The van der Waals surface area contributed by atoms with Crippen LogP contribution in [0, 0.1) is 0 Å². The first-order valence-corrected chi connectivity index (χ1v) is 14.0. The zero-order valence-electron chi connectivity index (χ0n) is 20.9. The van der Waals surface area contributed by atoms with Crippen molar-refractivity contribution < 1.29 is 19.1 Å². The van der Waals surface area contributed by atoms with Crippen LogP contribution in [0.15, 0.2) is 47.8 Å². The first-order chi connectivity index (χ1) is 18.5. The lowest BCUT2D eigenvalue weighted by Crippen LogP contribution is -2.52. The van der Waals surface area contributed by atoms with E-state index in [4.69, 9.17) is 9.72 Å². The summed E-state index contributed by atoms with van der Waals surface area (Å²) in [6.45, 7) is 3.72. The van der Waals surface area contributed by atoms with Gasteiger partial charge in [-0.3, -0.25) is 24.6 Å². The maximum Gasteiger partial charge on any atom is 0.255 e. The van der Waals surface area contributed by atoms with Crippen LogP contribution in [-0.4, -0.2) is 58.2 Å². The summed E-state index contributed by atoms with van der Waals surface area (Å²) in [7, 11) is 0. The van der Waals surface area contributed by atoms with Gasteiger partial charge in [0.2, 0.25) is 11.8 Å². The van der Waals surface area contributed by atoms with Crippen LogP contribution in [0.5, 0.6) is 5.75 Å². The monoisotopic (exact) mass is 528 g/mol. The van der Waals surface area contributed by atoms with Crippen LogP contribution in [0.1, 0.15) is 52.9 Å². The summed E-state index contributed by atoms with van der Waals surface area (Å²) in [5.74, 6) is 0.0000448. The number of amides is 3. The van der Waals surface area contributed by atoms with Gasteiger partial charge in [-0.1, -0.05) is 36.4 Å². The van der Waals surface area contributed by atoms with E-state index < -0.39 is 6.04 Å². The largest absolute Gasteiger partial charge is 0.492 e. The fourth-order valence-corrected chi connectivity index (χ4v) is 7.18. The van der Waals surface area contributed by atoms with Gasteiger partial charge < -0.3 is 9.64 Å². The molecule has 0 aliphatic carbocycles. The van der Waals surface area contributed by atoms with E-state index in [1.807, 2.05) is 24.3 Å². The highest BCUT2D eigenvalue weighted by Gasteiger charge is 2.47. The Labute approximate surface area is 224 Å². The highest BCUT2D eigenvalue weighted by atomic mass is 32.1. The Morgan fingerprint density at radius 2 is 1.89 bits per heavy atom. The van der Waals surface area contributed by atoms with Gasteiger partial charge in [0.25, 0.3) is 5.91 Å². The van der Waals surface area contributed by atoms with Gasteiger partial charge in [0.15, 0.2) is 0 Å². The summed E-state index contributed by atoms with van der Waals surface area (Å²) >= 11 is 1.69. The number of likely N-dealkylation sites (tertiary alicyclic amines) is 1. The van der Waals surface area contributed by atoms with Gasteiger partial charge in [0, 0.05) is 46.0 Å². The number of ether oxygens (including phenoxy) is 1. The Kier molecular flexibility index (Phi) is 5.59. The third kappa shape index (κ3) is 3.84. The van der Waals surface area contributed by atoms with Gasteiger partial charge in [0.1, 0.15) is 16.8 Å². The predicted molar refractivity (Wildman–Crippen MR) is 142 cm³/mol. The van der Waals surface area contributed by atoms with Gasteiger partial charge >= 0.3 is 0 Å². The smallest absolute Gasteiger partial charge is 0.255 e. The lowest BCUT2D eigenvalue weighted by molar-refractivity contribution is -0.136. The SMILES string of the molecule is O=C1CCC(N2Cc3c(ccc4c3OCC43CCN(Cc4csc(-c5ccccc5)n4)CC3)C2=O)C(=O)N1.